The zero-order valence-electron chi connectivity index (χ0n) is 11.4. The van der Waals surface area contributed by atoms with Gasteiger partial charge < -0.3 is 19.7 Å². The second-order valence-corrected chi connectivity index (χ2v) is 5.79. The van der Waals surface area contributed by atoms with Gasteiger partial charge in [-0.05, 0) is 32.4 Å². The van der Waals surface area contributed by atoms with E-state index in [0.717, 1.165) is 31.8 Å². The third-order valence-electron chi connectivity index (χ3n) is 4.45. The predicted octanol–water partition coefficient (Wildman–Crippen LogP) is 1.18. The van der Waals surface area contributed by atoms with Gasteiger partial charge in [0.1, 0.15) is 5.76 Å². The van der Waals surface area contributed by atoms with E-state index in [-0.39, 0.29) is 0 Å². The fourth-order valence-corrected chi connectivity index (χ4v) is 3.08. The van der Waals surface area contributed by atoms with Crippen LogP contribution in [0.4, 0.5) is 0 Å². The van der Waals surface area contributed by atoms with Crippen molar-refractivity contribution in [1.82, 2.24) is 10.5 Å². The van der Waals surface area contributed by atoms with Crippen LogP contribution in [0.5, 0.6) is 0 Å². The molecule has 2 fully saturated rings. The number of hydrogen-bond donors (Lipinski definition) is 2. The lowest BCUT2D eigenvalue weighted by Gasteiger charge is -2.32. The third kappa shape index (κ3) is 2.58. The van der Waals surface area contributed by atoms with Crippen LogP contribution in [0.2, 0.25) is 0 Å². The lowest BCUT2D eigenvalue weighted by Crippen LogP contribution is -2.43. The monoisotopic (exact) mass is 280 g/mol. The summed E-state index contributed by atoms with van der Waals surface area (Å²) in [7, 11) is 0. The molecule has 0 bridgehead atoms. The summed E-state index contributed by atoms with van der Waals surface area (Å²) in [6, 6.07) is 1.91. The molecule has 3 heterocycles. The number of aromatic nitrogens is 1. The van der Waals surface area contributed by atoms with Gasteiger partial charge in [0, 0.05) is 25.0 Å². The molecule has 0 aliphatic carbocycles. The first kappa shape index (κ1) is 13.6. The van der Waals surface area contributed by atoms with E-state index in [4.69, 9.17) is 9.26 Å². The van der Waals surface area contributed by atoms with Crippen molar-refractivity contribution in [3.05, 3.63) is 17.5 Å². The number of aliphatic carboxylic acids is 1. The Morgan fingerprint density at radius 1 is 1.50 bits per heavy atom. The zero-order chi connectivity index (χ0) is 14.0. The standard InChI is InChI=1S/C14H20N2O4/c17-13(18)14(2-4-15-5-3-14)8-11-7-12(16-20-11)10-1-6-19-9-10/h7,10,15H,1-6,8-9H2,(H,17,18)/t10-/m0/s1. The van der Waals surface area contributed by atoms with Crippen LogP contribution in [0.15, 0.2) is 10.6 Å². The highest BCUT2D eigenvalue weighted by Crippen LogP contribution is 2.34. The Labute approximate surface area is 117 Å². The third-order valence-corrected chi connectivity index (χ3v) is 4.45. The van der Waals surface area contributed by atoms with Crippen LogP contribution in [0.1, 0.15) is 36.6 Å². The van der Waals surface area contributed by atoms with Crippen LogP contribution < -0.4 is 5.32 Å². The Balaban J connectivity index is 1.73. The maximum absolute atomic E-state index is 11.6. The van der Waals surface area contributed by atoms with Crippen LogP contribution in [0.3, 0.4) is 0 Å². The molecule has 20 heavy (non-hydrogen) atoms. The molecule has 2 N–H and O–H groups in total. The first-order valence-corrected chi connectivity index (χ1v) is 7.17. The number of rotatable bonds is 4. The van der Waals surface area contributed by atoms with Crippen molar-refractivity contribution in [2.24, 2.45) is 5.41 Å². The van der Waals surface area contributed by atoms with Crippen LogP contribution in [0, 0.1) is 5.41 Å². The van der Waals surface area contributed by atoms with Crippen molar-refractivity contribution >= 4 is 5.97 Å². The van der Waals surface area contributed by atoms with E-state index < -0.39 is 11.4 Å². The summed E-state index contributed by atoms with van der Waals surface area (Å²) in [4.78, 5) is 11.6. The number of piperidine rings is 1. The molecule has 0 saturated carbocycles. The van der Waals surface area contributed by atoms with Crippen molar-refractivity contribution < 1.29 is 19.2 Å². The number of ether oxygens (including phenoxy) is 1. The number of nitrogens with one attached hydrogen (secondary N) is 1. The highest BCUT2D eigenvalue weighted by Gasteiger charge is 2.41. The maximum atomic E-state index is 11.6. The molecular formula is C14H20N2O4. The summed E-state index contributed by atoms with van der Waals surface area (Å²) in [5.41, 5.74) is 0.181. The molecule has 2 aliphatic rings. The van der Waals surface area contributed by atoms with Crippen LogP contribution >= 0.6 is 0 Å². The lowest BCUT2D eigenvalue weighted by molar-refractivity contribution is -0.150. The maximum Gasteiger partial charge on any atom is 0.310 e. The molecule has 0 spiro atoms. The SMILES string of the molecule is O=C(O)C1(Cc2cc([C@H]3CCOC3)no2)CCNCC1. The summed E-state index contributed by atoms with van der Waals surface area (Å²) in [5.74, 6) is 0.235. The number of carboxylic acids is 1. The van der Waals surface area contributed by atoms with E-state index in [1.165, 1.54) is 0 Å². The lowest BCUT2D eigenvalue weighted by atomic mass is 9.75. The molecule has 1 aromatic rings. The largest absolute Gasteiger partial charge is 0.481 e. The Kier molecular flexibility index (Phi) is 3.76. The van der Waals surface area contributed by atoms with Gasteiger partial charge in [-0.3, -0.25) is 4.79 Å². The highest BCUT2D eigenvalue weighted by atomic mass is 16.5. The first-order chi connectivity index (χ1) is 9.70. The zero-order valence-corrected chi connectivity index (χ0v) is 11.4. The minimum atomic E-state index is -0.735. The van der Waals surface area contributed by atoms with E-state index in [9.17, 15) is 9.90 Å². The van der Waals surface area contributed by atoms with Crippen LogP contribution in [-0.2, 0) is 16.0 Å². The highest BCUT2D eigenvalue weighted by molar-refractivity contribution is 5.75. The molecule has 110 valence electrons. The first-order valence-electron chi connectivity index (χ1n) is 7.17. The van der Waals surface area contributed by atoms with E-state index in [1.54, 1.807) is 0 Å². The Hall–Kier alpha value is -1.40. The smallest absolute Gasteiger partial charge is 0.310 e. The molecule has 0 radical (unpaired) electrons. The predicted molar refractivity (Wildman–Crippen MR) is 70.6 cm³/mol. The molecule has 2 aliphatic heterocycles. The van der Waals surface area contributed by atoms with E-state index in [2.05, 4.69) is 10.5 Å². The van der Waals surface area contributed by atoms with E-state index in [0.29, 0.717) is 37.5 Å². The molecule has 6 nitrogen and oxygen atoms in total. The van der Waals surface area contributed by atoms with Gasteiger partial charge in [0.05, 0.1) is 17.7 Å². The molecular weight excluding hydrogens is 260 g/mol. The summed E-state index contributed by atoms with van der Waals surface area (Å²) >= 11 is 0. The molecule has 1 atom stereocenters. The normalized spacial score (nSPS) is 25.7. The van der Waals surface area contributed by atoms with Gasteiger partial charge in [-0.25, -0.2) is 0 Å². The van der Waals surface area contributed by atoms with Gasteiger partial charge in [-0.15, -0.1) is 0 Å². The number of hydrogen-bond acceptors (Lipinski definition) is 5. The van der Waals surface area contributed by atoms with E-state index in [1.807, 2.05) is 6.07 Å². The van der Waals surface area contributed by atoms with Gasteiger partial charge >= 0.3 is 5.97 Å². The number of nitrogens with zero attached hydrogens (tertiary/aromatic N) is 1. The quantitative estimate of drug-likeness (QED) is 0.861. The average Bonchev–Trinajstić information content (AvgIpc) is 3.10. The van der Waals surface area contributed by atoms with Gasteiger partial charge in [0.15, 0.2) is 0 Å². The van der Waals surface area contributed by atoms with Gasteiger partial charge in [0.25, 0.3) is 0 Å². The topological polar surface area (TPSA) is 84.6 Å². The Bertz CT molecular complexity index is 473. The molecule has 0 amide bonds. The van der Waals surface area contributed by atoms with Crippen molar-refractivity contribution in [3.8, 4) is 0 Å². The summed E-state index contributed by atoms with van der Waals surface area (Å²) in [5, 5.41) is 16.9. The second-order valence-electron chi connectivity index (χ2n) is 5.79. The summed E-state index contributed by atoms with van der Waals surface area (Å²) < 4.78 is 10.7. The second kappa shape index (κ2) is 5.54. The molecule has 3 rings (SSSR count). The van der Waals surface area contributed by atoms with E-state index >= 15 is 0 Å². The minimum absolute atomic E-state index is 0.293. The molecule has 2 saturated heterocycles. The van der Waals surface area contributed by atoms with Crippen molar-refractivity contribution in [3.63, 3.8) is 0 Å². The summed E-state index contributed by atoms with van der Waals surface area (Å²) in [6.45, 7) is 2.92. The van der Waals surface area contributed by atoms with Crippen molar-refractivity contribution in [2.75, 3.05) is 26.3 Å². The molecule has 0 aromatic carbocycles. The molecule has 6 heteroatoms. The van der Waals surface area contributed by atoms with Crippen molar-refractivity contribution in [1.29, 1.82) is 0 Å². The van der Waals surface area contributed by atoms with Gasteiger partial charge in [-0.1, -0.05) is 5.16 Å². The van der Waals surface area contributed by atoms with Crippen molar-refractivity contribution in [2.45, 2.75) is 31.6 Å². The average molecular weight is 280 g/mol. The van der Waals surface area contributed by atoms with Gasteiger partial charge in [-0.2, -0.15) is 0 Å². The minimum Gasteiger partial charge on any atom is -0.481 e. The Morgan fingerprint density at radius 3 is 2.95 bits per heavy atom. The fraction of sp³-hybridized carbons (Fsp3) is 0.714. The number of carbonyl (C=O) groups is 1. The van der Waals surface area contributed by atoms with Gasteiger partial charge in [0.2, 0.25) is 0 Å². The Morgan fingerprint density at radius 2 is 2.30 bits per heavy atom. The molecule has 1 aromatic heterocycles. The van der Waals surface area contributed by atoms with Crippen LogP contribution in [-0.4, -0.2) is 42.5 Å². The molecule has 0 unspecified atom stereocenters. The van der Waals surface area contributed by atoms with Crippen LogP contribution in [0.25, 0.3) is 0 Å². The fourth-order valence-electron chi connectivity index (χ4n) is 3.08. The number of carboxylic acid groups (broad SMARTS) is 1. The summed E-state index contributed by atoms with van der Waals surface area (Å²) in [6.07, 6.45) is 2.64.